The Balaban J connectivity index is 1.25. The van der Waals surface area contributed by atoms with Crippen molar-refractivity contribution in [2.24, 2.45) is 0 Å². The highest BCUT2D eigenvalue weighted by atomic mass is 32.1. The van der Waals surface area contributed by atoms with Gasteiger partial charge in [-0.15, -0.1) is 11.3 Å². The minimum Gasteiger partial charge on any atom is -0.380 e. The van der Waals surface area contributed by atoms with Gasteiger partial charge in [-0.2, -0.15) is 0 Å². The van der Waals surface area contributed by atoms with Crippen LogP contribution >= 0.6 is 11.3 Å². The molecular weight excluding hydrogens is 464 g/mol. The van der Waals surface area contributed by atoms with E-state index in [1.807, 2.05) is 30.4 Å². The lowest BCUT2D eigenvalue weighted by Gasteiger charge is -2.29. The van der Waals surface area contributed by atoms with Crippen LogP contribution in [0.1, 0.15) is 70.6 Å². The largest absolute Gasteiger partial charge is 0.380 e. The third-order valence-electron chi connectivity index (χ3n) is 7.58. The molecule has 1 amide bonds. The number of anilines is 1. The standard InChI is InChI=1S/C30H38N4OS/c1-19-11-12-25(34-26-16-31-17-26)15-27(19)30(35)33-21(3)22-7-6-8-23(14-22)28-13-20(2)29(36-28)18-32-24-9-4-5-10-24/h6-8,11-15,21,24,26,31-32,34H,4-5,9-10,16-18H2,1-3H3,(H,33,35)/t21-/m1/s1. The van der Waals surface area contributed by atoms with E-state index < -0.39 is 0 Å². The van der Waals surface area contributed by atoms with Crippen molar-refractivity contribution in [3.05, 3.63) is 75.7 Å². The Hall–Kier alpha value is -2.67. The van der Waals surface area contributed by atoms with Gasteiger partial charge in [0.05, 0.1) is 12.1 Å². The van der Waals surface area contributed by atoms with Crippen molar-refractivity contribution >= 4 is 22.9 Å². The van der Waals surface area contributed by atoms with Crippen LogP contribution in [0.25, 0.3) is 10.4 Å². The summed E-state index contributed by atoms with van der Waals surface area (Å²) in [6.45, 7) is 9.15. The molecule has 4 N–H and O–H groups in total. The minimum absolute atomic E-state index is 0.0342. The fourth-order valence-electron chi connectivity index (χ4n) is 5.11. The molecule has 1 aliphatic carbocycles. The van der Waals surface area contributed by atoms with Crippen molar-refractivity contribution in [2.75, 3.05) is 18.4 Å². The van der Waals surface area contributed by atoms with Crippen LogP contribution in [0.3, 0.4) is 0 Å². The Kier molecular flexibility index (Phi) is 7.75. The summed E-state index contributed by atoms with van der Waals surface area (Å²) in [7, 11) is 0. The van der Waals surface area contributed by atoms with Crippen molar-refractivity contribution in [2.45, 2.75) is 71.1 Å². The van der Waals surface area contributed by atoms with Crippen molar-refractivity contribution in [3.63, 3.8) is 0 Å². The predicted octanol–water partition coefficient (Wildman–Crippen LogP) is 5.94. The van der Waals surface area contributed by atoms with Crippen LogP contribution in [0.5, 0.6) is 0 Å². The first-order valence-electron chi connectivity index (χ1n) is 13.3. The highest BCUT2D eigenvalue weighted by molar-refractivity contribution is 7.15. The molecule has 2 aliphatic rings. The van der Waals surface area contributed by atoms with Gasteiger partial charge < -0.3 is 21.3 Å². The first-order chi connectivity index (χ1) is 17.5. The topological polar surface area (TPSA) is 65.2 Å². The maximum Gasteiger partial charge on any atom is 0.252 e. The second kappa shape index (κ2) is 11.2. The zero-order valence-electron chi connectivity index (χ0n) is 21.6. The number of nitrogens with one attached hydrogen (secondary N) is 4. The Labute approximate surface area is 219 Å². The lowest BCUT2D eigenvalue weighted by molar-refractivity contribution is 0.0939. The van der Waals surface area contributed by atoms with Crippen molar-refractivity contribution in [1.82, 2.24) is 16.0 Å². The van der Waals surface area contributed by atoms with Gasteiger partial charge in [0.1, 0.15) is 0 Å². The van der Waals surface area contributed by atoms with Crippen LogP contribution < -0.4 is 21.3 Å². The van der Waals surface area contributed by atoms with Gasteiger partial charge in [-0.3, -0.25) is 4.79 Å². The Morgan fingerprint density at radius 3 is 2.58 bits per heavy atom. The van der Waals surface area contributed by atoms with Crippen LogP contribution in [0.4, 0.5) is 5.69 Å². The Morgan fingerprint density at radius 2 is 1.83 bits per heavy atom. The number of benzene rings is 2. The summed E-state index contributed by atoms with van der Waals surface area (Å²) in [5.41, 5.74) is 6.39. The SMILES string of the molecule is Cc1ccc(NC2CNC2)cc1C(=O)N[C@H](C)c1cccc(-c2cc(C)c(CNC3CCCC3)s2)c1. The monoisotopic (exact) mass is 502 g/mol. The van der Waals surface area contributed by atoms with Gasteiger partial charge >= 0.3 is 0 Å². The molecule has 1 saturated heterocycles. The van der Waals surface area contributed by atoms with Crippen LogP contribution in [-0.4, -0.2) is 31.1 Å². The number of carbonyl (C=O) groups is 1. The third kappa shape index (κ3) is 5.83. The van der Waals surface area contributed by atoms with Crippen LogP contribution in [0, 0.1) is 13.8 Å². The van der Waals surface area contributed by atoms with E-state index in [0.717, 1.165) is 42.0 Å². The number of aryl methyl sites for hydroxylation is 2. The van der Waals surface area contributed by atoms with Gasteiger partial charge in [-0.1, -0.05) is 37.1 Å². The van der Waals surface area contributed by atoms with Crippen molar-refractivity contribution in [3.8, 4) is 10.4 Å². The highest BCUT2D eigenvalue weighted by Crippen LogP contribution is 2.33. The van der Waals surface area contributed by atoms with E-state index in [0.29, 0.717) is 12.1 Å². The quantitative estimate of drug-likeness (QED) is 0.292. The second-order valence-electron chi connectivity index (χ2n) is 10.4. The van der Waals surface area contributed by atoms with E-state index in [9.17, 15) is 4.79 Å². The van der Waals surface area contributed by atoms with Crippen molar-refractivity contribution in [1.29, 1.82) is 0 Å². The zero-order valence-corrected chi connectivity index (χ0v) is 22.4. The lowest BCUT2D eigenvalue weighted by atomic mass is 10.0. The summed E-state index contributed by atoms with van der Waals surface area (Å²) in [4.78, 5) is 15.9. The summed E-state index contributed by atoms with van der Waals surface area (Å²) in [5.74, 6) is -0.0342. The molecule has 3 aromatic rings. The number of hydrogen-bond donors (Lipinski definition) is 4. The summed E-state index contributed by atoms with van der Waals surface area (Å²) < 4.78 is 0. The lowest BCUT2D eigenvalue weighted by Crippen LogP contribution is -2.51. The van der Waals surface area contributed by atoms with Gasteiger partial charge in [0.15, 0.2) is 0 Å². The molecule has 190 valence electrons. The Bertz CT molecular complexity index is 1210. The Morgan fingerprint density at radius 1 is 1.03 bits per heavy atom. The van der Waals surface area contributed by atoms with Crippen LogP contribution in [0.2, 0.25) is 0 Å². The van der Waals surface area contributed by atoms with E-state index in [1.54, 1.807) is 0 Å². The molecule has 36 heavy (non-hydrogen) atoms. The first-order valence-corrected chi connectivity index (χ1v) is 14.1. The maximum atomic E-state index is 13.2. The van der Waals surface area contributed by atoms with E-state index in [4.69, 9.17) is 0 Å². The number of amides is 1. The smallest absolute Gasteiger partial charge is 0.252 e. The average Bonchev–Trinajstić information content (AvgIpc) is 3.50. The number of hydrogen-bond acceptors (Lipinski definition) is 5. The van der Waals surface area contributed by atoms with Gasteiger partial charge in [0.25, 0.3) is 5.91 Å². The predicted molar refractivity (Wildman–Crippen MR) is 151 cm³/mol. The van der Waals surface area contributed by atoms with Gasteiger partial charge in [0.2, 0.25) is 0 Å². The normalized spacial score (nSPS) is 17.1. The summed E-state index contributed by atoms with van der Waals surface area (Å²) in [6, 6.07) is 18.0. The number of carbonyl (C=O) groups excluding carboxylic acids is 1. The van der Waals surface area contributed by atoms with Crippen molar-refractivity contribution < 1.29 is 4.79 Å². The molecule has 5 nitrogen and oxygen atoms in total. The molecule has 0 spiro atoms. The van der Waals surface area contributed by atoms with Gasteiger partial charge in [-0.25, -0.2) is 0 Å². The first kappa shape index (κ1) is 25.0. The van der Waals surface area contributed by atoms with Crippen LogP contribution in [-0.2, 0) is 6.54 Å². The summed E-state index contributed by atoms with van der Waals surface area (Å²) in [5, 5.41) is 13.7. The molecule has 6 heteroatoms. The average molecular weight is 503 g/mol. The molecule has 1 aromatic heterocycles. The molecule has 1 saturated carbocycles. The maximum absolute atomic E-state index is 13.2. The molecule has 1 atom stereocenters. The van der Waals surface area contributed by atoms with E-state index in [-0.39, 0.29) is 11.9 Å². The van der Waals surface area contributed by atoms with E-state index in [1.165, 1.54) is 46.6 Å². The molecule has 2 fully saturated rings. The number of rotatable bonds is 9. The minimum atomic E-state index is -0.0890. The highest BCUT2D eigenvalue weighted by Gasteiger charge is 2.19. The molecule has 0 radical (unpaired) electrons. The summed E-state index contributed by atoms with van der Waals surface area (Å²) in [6.07, 6.45) is 5.32. The van der Waals surface area contributed by atoms with E-state index in [2.05, 4.69) is 71.5 Å². The molecular formula is C30H38N4OS. The second-order valence-corrected chi connectivity index (χ2v) is 11.6. The van der Waals surface area contributed by atoms with Gasteiger partial charge in [0, 0.05) is 46.7 Å². The molecule has 0 bridgehead atoms. The molecule has 2 heterocycles. The molecule has 2 aromatic carbocycles. The fraction of sp³-hybridized carbons (Fsp3) is 0.433. The zero-order chi connectivity index (χ0) is 25.1. The fourth-order valence-corrected chi connectivity index (χ4v) is 6.23. The van der Waals surface area contributed by atoms with Gasteiger partial charge in [-0.05, 0) is 80.1 Å². The third-order valence-corrected chi connectivity index (χ3v) is 8.87. The number of thiophene rings is 1. The molecule has 0 unspecified atom stereocenters. The van der Waals surface area contributed by atoms with Crippen LogP contribution in [0.15, 0.2) is 48.5 Å². The summed E-state index contributed by atoms with van der Waals surface area (Å²) >= 11 is 1.88. The van der Waals surface area contributed by atoms with E-state index >= 15 is 0 Å². The molecule has 1 aliphatic heterocycles. The molecule has 5 rings (SSSR count).